The van der Waals surface area contributed by atoms with Crippen LogP contribution in [0.3, 0.4) is 0 Å². The van der Waals surface area contributed by atoms with E-state index in [1.807, 2.05) is 48.7 Å². The minimum Gasteiger partial charge on any atom is -0.316 e. The van der Waals surface area contributed by atoms with Crippen LogP contribution >= 0.6 is 11.6 Å². The van der Waals surface area contributed by atoms with Gasteiger partial charge >= 0.3 is 0 Å². The Morgan fingerprint density at radius 1 is 1.45 bits per heavy atom. The van der Waals surface area contributed by atoms with Gasteiger partial charge in [0, 0.05) is 17.0 Å². The number of hydrogen-bond acceptors (Lipinski definition) is 3. The zero-order chi connectivity index (χ0) is 16.1. The topological polar surface area (TPSA) is 70.2 Å². The van der Waals surface area contributed by atoms with Gasteiger partial charge in [0.25, 0.3) is 5.91 Å². The highest BCUT2D eigenvalue weighted by Crippen LogP contribution is 2.25. The average Bonchev–Trinajstić information content (AvgIpc) is 2.75. The number of aryl methyl sites for hydroxylation is 1. The van der Waals surface area contributed by atoms with Crippen LogP contribution < -0.4 is 5.43 Å². The van der Waals surface area contributed by atoms with Gasteiger partial charge in [0.2, 0.25) is 0 Å². The standard InChI is InChI=1S/C16H15ClN4O/c1-11-9-13(10-19-20-16(22)7-8-18)12(2)21(11)15-6-4-3-5-14(15)17/h3-6,9-10H,7H2,1-2H3,(H,20,22)/b19-10-. The first-order valence-electron chi connectivity index (χ1n) is 6.67. The number of nitrogens with zero attached hydrogens (tertiary/aromatic N) is 3. The molecule has 2 rings (SSSR count). The molecule has 6 heteroatoms. The van der Waals surface area contributed by atoms with Crippen molar-refractivity contribution < 1.29 is 4.79 Å². The zero-order valence-corrected chi connectivity index (χ0v) is 13.1. The second kappa shape index (κ2) is 6.92. The Kier molecular flexibility index (Phi) is 4.97. The van der Waals surface area contributed by atoms with Gasteiger partial charge < -0.3 is 4.57 Å². The molecule has 1 N–H and O–H groups in total. The number of nitriles is 1. The van der Waals surface area contributed by atoms with Crippen molar-refractivity contribution in [2.45, 2.75) is 20.3 Å². The molecule has 0 bridgehead atoms. The molecular formula is C16H15ClN4O. The van der Waals surface area contributed by atoms with Gasteiger partial charge in [-0.05, 0) is 32.0 Å². The highest BCUT2D eigenvalue weighted by Gasteiger charge is 2.11. The number of benzene rings is 1. The maximum atomic E-state index is 11.2. The molecule has 0 aliphatic rings. The van der Waals surface area contributed by atoms with Gasteiger partial charge in [-0.2, -0.15) is 10.4 Å². The third kappa shape index (κ3) is 3.35. The lowest BCUT2D eigenvalue weighted by molar-refractivity contribution is -0.120. The molecule has 1 aromatic heterocycles. The summed E-state index contributed by atoms with van der Waals surface area (Å²) in [5.41, 5.74) is 6.05. The molecule has 0 aliphatic heterocycles. The van der Waals surface area contributed by atoms with Crippen LogP contribution in [-0.4, -0.2) is 16.7 Å². The predicted octanol–water partition coefficient (Wildman–Crippen LogP) is 3.11. The Morgan fingerprint density at radius 3 is 2.86 bits per heavy atom. The van der Waals surface area contributed by atoms with E-state index >= 15 is 0 Å². The SMILES string of the molecule is Cc1cc(/C=N\NC(=O)CC#N)c(C)n1-c1ccccc1Cl. The number of hydrogen-bond donors (Lipinski definition) is 1. The van der Waals surface area contributed by atoms with Crippen LogP contribution in [0.2, 0.25) is 5.02 Å². The van der Waals surface area contributed by atoms with Crippen molar-refractivity contribution in [1.29, 1.82) is 5.26 Å². The Hall–Kier alpha value is -2.58. The first-order valence-corrected chi connectivity index (χ1v) is 7.05. The molecule has 0 fully saturated rings. The van der Waals surface area contributed by atoms with Crippen LogP contribution in [0.15, 0.2) is 35.4 Å². The minimum atomic E-state index is -0.432. The quantitative estimate of drug-likeness (QED) is 0.696. The number of aromatic nitrogens is 1. The summed E-state index contributed by atoms with van der Waals surface area (Å²) in [6.07, 6.45) is 1.35. The summed E-state index contributed by atoms with van der Waals surface area (Å²) in [7, 11) is 0. The van der Waals surface area contributed by atoms with Crippen molar-refractivity contribution in [3.63, 3.8) is 0 Å². The van der Waals surface area contributed by atoms with Gasteiger partial charge in [-0.15, -0.1) is 0 Å². The molecule has 2 aromatic rings. The fraction of sp³-hybridized carbons (Fsp3) is 0.188. The molecule has 0 saturated heterocycles. The van der Waals surface area contributed by atoms with Crippen LogP contribution in [0.25, 0.3) is 5.69 Å². The second-order valence-electron chi connectivity index (χ2n) is 4.74. The second-order valence-corrected chi connectivity index (χ2v) is 5.15. The molecule has 0 saturated carbocycles. The molecule has 1 aromatic carbocycles. The summed E-state index contributed by atoms with van der Waals surface area (Å²) >= 11 is 6.25. The van der Waals surface area contributed by atoms with E-state index in [2.05, 4.69) is 10.5 Å². The van der Waals surface area contributed by atoms with Crippen LogP contribution in [0.5, 0.6) is 0 Å². The first-order chi connectivity index (χ1) is 10.5. The molecule has 1 heterocycles. The Balaban J connectivity index is 2.29. The molecule has 0 unspecified atom stereocenters. The normalized spacial score (nSPS) is 10.6. The van der Waals surface area contributed by atoms with Crippen molar-refractivity contribution >= 4 is 23.7 Å². The minimum absolute atomic E-state index is 0.212. The monoisotopic (exact) mass is 314 g/mol. The van der Waals surface area contributed by atoms with Crippen LogP contribution in [-0.2, 0) is 4.79 Å². The molecule has 5 nitrogen and oxygen atoms in total. The van der Waals surface area contributed by atoms with E-state index in [0.29, 0.717) is 5.02 Å². The lowest BCUT2D eigenvalue weighted by atomic mass is 10.2. The van der Waals surface area contributed by atoms with Crippen LogP contribution in [0.1, 0.15) is 23.4 Å². The number of halogens is 1. The van der Waals surface area contributed by atoms with Crippen molar-refractivity contribution in [3.8, 4) is 11.8 Å². The van der Waals surface area contributed by atoms with Gasteiger partial charge in [-0.1, -0.05) is 23.7 Å². The fourth-order valence-corrected chi connectivity index (χ4v) is 2.43. The van der Waals surface area contributed by atoms with Gasteiger partial charge in [0.05, 0.1) is 23.0 Å². The molecule has 0 spiro atoms. The van der Waals surface area contributed by atoms with E-state index in [9.17, 15) is 4.79 Å². The number of amides is 1. The number of para-hydroxylation sites is 1. The molecule has 0 aliphatic carbocycles. The number of rotatable bonds is 4. The van der Waals surface area contributed by atoms with Crippen LogP contribution in [0.4, 0.5) is 0 Å². The van der Waals surface area contributed by atoms with Gasteiger partial charge in [0.1, 0.15) is 6.42 Å². The highest BCUT2D eigenvalue weighted by atomic mass is 35.5. The van der Waals surface area contributed by atoms with E-state index < -0.39 is 5.91 Å². The zero-order valence-electron chi connectivity index (χ0n) is 12.3. The summed E-state index contributed by atoms with van der Waals surface area (Å²) in [6.45, 7) is 3.93. The molecule has 1 amide bonds. The predicted molar refractivity (Wildman–Crippen MR) is 86.2 cm³/mol. The number of nitrogens with one attached hydrogen (secondary N) is 1. The van der Waals surface area contributed by atoms with Crippen molar-refractivity contribution in [3.05, 3.63) is 52.3 Å². The third-order valence-corrected chi connectivity index (χ3v) is 3.52. The highest BCUT2D eigenvalue weighted by molar-refractivity contribution is 6.32. The van der Waals surface area contributed by atoms with Gasteiger partial charge in [-0.3, -0.25) is 4.79 Å². The first kappa shape index (κ1) is 15.8. The fourth-order valence-electron chi connectivity index (χ4n) is 2.21. The Morgan fingerprint density at radius 2 is 2.18 bits per heavy atom. The van der Waals surface area contributed by atoms with E-state index in [-0.39, 0.29) is 6.42 Å². The molecule has 112 valence electrons. The third-order valence-electron chi connectivity index (χ3n) is 3.20. The number of hydrazone groups is 1. The maximum absolute atomic E-state index is 11.2. The van der Waals surface area contributed by atoms with E-state index in [1.54, 1.807) is 12.3 Å². The molecule has 0 atom stereocenters. The Labute approximate surface area is 133 Å². The van der Waals surface area contributed by atoms with E-state index in [0.717, 1.165) is 22.6 Å². The summed E-state index contributed by atoms with van der Waals surface area (Å²) in [6, 6.07) is 11.3. The van der Waals surface area contributed by atoms with Gasteiger partial charge in [0.15, 0.2) is 0 Å². The number of carbonyl (C=O) groups is 1. The van der Waals surface area contributed by atoms with Crippen molar-refractivity contribution in [2.75, 3.05) is 0 Å². The summed E-state index contributed by atoms with van der Waals surface area (Å²) in [5.74, 6) is -0.432. The molecule has 22 heavy (non-hydrogen) atoms. The van der Waals surface area contributed by atoms with Crippen molar-refractivity contribution in [2.24, 2.45) is 5.10 Å². The van der Waals surface area contributed by atoms with Crippen molar-refractivity contribution in [1.82, 2.24) is 9.99 Å². The lowest BCUT2D eigenvalue weighted by Crippen LogP contribution is -2.16. The summed E-state index contributed by atoms with van der Waals surface area (Å²) in [5, 5.41) is 12.9. The van der Waals surface area contributed by atoms with Crippen LogP contribution in [0, 0.1) is 25.2 Å². The van der Waals surface area contributed by atoms with Gasteiger partial charge in [-0.25, -0.2) is 5.43 Å². The van der Waals surface area contributed by atoms with E-state index in [1.165, 1.54) is 0 Å². The van der Waals surface area contributed by atoms with E-state index in [4.69, 9.17) is 16.9 Å². The largest absolute Gasteiger partial charge is 0.316 e. The number of carbonyl (C=O) groups excluding carboxylic acids is 1. The summed E-state index contributed by atoms with van der Waals surface area (Å²) in [4.78, 5) is 11.2. The maximum Gasteiger partial charge on any atom is 0.254 e. The Bertz CT molecular complexity index is 771. The summed E-state index contributed by atoms with van der Waals surface area (Å²) < 4.78 is 2.03. The lowest BCUT2D eigenvalue weighted by Gasteiger charge is -2.11. The molecular weight excluding hydrogens is 300 g/mol. The average molecular weight is 315 g/mol. The smallest absolute Gasteiger partial charge is 0.254 e. The molecule has 0 radical (unpaired) electrons.